The van der Waals surface area contributed by atoms with Gasteiger partial charge in [-0.15, -0.1) is 0 Å². The normalized spacial score (nSPS) is 14.0. The van der Waals surface area contributed by atoms with Crippen LogP contribution in [0.2, 0.25) is 0 Å². The quantitative estimate of drug-likeness (QED) is 0.638. The van der Waals surface area contributed by atoms with E-state index in [1.165, 1.54) is 7.11 Å². The van der Waals surface area contributed by atoms with Crippen molar-refractivity contribution >= 4 is 45.6 Å². The van der Waals surface area contributed by atoms with E-state index in [9.17, 15) is 9.59 Å². The Morgan fingerprint density at radius 1 is 0.897 bits per heavy atom. The van der Waals surface area contributed by atoms with Crippen LogP contribution in [0.4, 0.5) is 11.4 Å². The molecule has 1 heterocycles. The summed E-state index contributed by atoms with van der Waals surface area (Å²) in [4.78, 5) is 27.1. The Hall–Kier alpha value is -3.51. The summed E-state index contributed by atoms with van der Waals surface area (Å²) in [5.41, 5.74) is 0.963. The van der Waals surface area contributed by atoms with Crippen LogP contribution in [0.1, 0.15) is 0 Å². The van der Waals surface area contributed by atoms with E-state index in [0.29, 0.717) is 22.9 Å². The lowest BCUT2D eigenvalue weighted by molar-refractivity contribution is -0.120. The second kappa shape index (κ2) is 7.48. The van der Waals surface area contributed by atoms with Crippen molar-refractivity contribution in [1.29, 1.82) is 0 Å². The first kappa shape index (κ1) is 18.8. The maximum atomic E-state index is 13.1. The van der Waals surface area contributed by atoms with E-state index in [4.69, 9.17) is 21.1 Å². The average molecular weight is 409 g/mol. The number of methoxy groups -OCH3 is 2. The number of ether oxygens (including phenoxy) is 2. The third-order valence-electron chi connectivity index (χ3n) is 4.70. The Morgan fingerprint density at radius 3 is 2.41 bits per heavy atom. The molecule has 0 fully saturated rings. The number of imide groups is 1. The number of hydrogen-bond donors (Lipinski definition) is 1. The van der Waals surface area contributed by atoms with Crippen LogP contribution in [0.5, 0.6) is 11.5 Å². The summed E-state index contributed by atoms with van der Waals surface area (Å²) in [7, 11) is 3.04. The van der Waals surface area contributed by atoms with Gasteiger partial charge in [-0.3, -0.25) is 9.59 Å². The van der Waals surface area contributed by atoms with Crippen LogP contribution in [-0.4, -0.2) is 26.0 Å². The zero-order valence-corrected chi connectivity index (χ0v) is 16.5. The highest BCUT2D eigenvalue weighted by atomic mass is 35.5. The van der Waals surface area contributed by atoms with Gasteiger partial charge < -0.3 is 14.8 Å². The molecule has 0 spiro atoms. The maximum absolute atomic E-state index is 13.1. The third-order valence-corrected chi connectivity index (χ3v) is 5.05. The van der Waals surface area contributed by atoms with Crippen LogP contribution in [0.3, 0.4) is 0 Å². The van der Waals surface area contributed by atoms with Gasteiger partial charge in [0.05, 0.1) is 25.6 Å². The SMILES string of the molecule is COc1ccc(NC2=C(Cl)C(=O)N(c3cccc4ccccc34)C2=O)c(OC)c1. The fourth-order valence-corrected chi connectivity index (χ4v) is 3.48. The van der Waals surface area contributed by atoms with Gasteiger partial charge in [0.2, 0.25) is 0 Å². The summed E-state index contributed by atoms with van der Waals surface area (Å²) in [6.45, 7) is 0. The second-order valence-corrected chi connectivity index (χ2v) is 6.70. The predicted molar refractivity (Wildman–Crippen MR) is 112 cm³/mol. The number of nitrogens with one attached hydrogen (secondary N) is 1. The summed E-state index contributed by atoms with van der Waals surface area (Å²) in [6.07, 6.45) is 0. The molecule has 146 valence electrons. The molecule has 0 saturated heterocycles. The van der Waals surface area contributed by atoms with Crippen molar-refractivity contribution in [3.05, 3.63) is 71.4 Å². The zero-order valence-electron chi connectivity index (χ0n) is 15.7. The van der Waals surface area contributed by atoms with Gasteiger partial charge in [-0.2, -0.15) is 0 Å². The highest BCUT2D eigenvalue weighted by Gasteiger charge is 2.39. The Bertz CT molecular complexity index is 1170. The molecule has 1 aliphatic rings. The van der Waals surface area contributed by atoms with Crippen molar-refractivity contribution in [3.63, 3.8) is 0 Å². The number of carbonyl (C=O) groups is 2. The van der Waals surface area contributed by atoms with Gasteiger partial charge in [0, 0.05) is 11.5 Å². The molecule has 0 saturated carbocycles. The van der Waals surface area contributed by atoms with Gasteiger partial charge in [0.15, 0.2) is 0 Å². The Kier molecular flexibility index (Phi) is 4.86. The molecule has 1 aliphatic heterocycles. The lowest BCUT2D eigenvalue weighted by Crippen LogP contribution is -2.32. The van der Waals surface area contributed by atoms with Gasteiger partial charge in [-0.25, -0.2) is 4.90 Å². The monoisotopic (exact) mass is 408 g/mol. The Morgan fingerprint density at radius 2 is 1.66 bits per heavy atom. The van der Waals surface area contributed by atoms with E-state index < -0.39 is 11.8 Å². The number of nitrogens with zero attached hydrogens (tertiary/aromatic N) is 1. The molecule has 0 bridgehead atoms. The molecule has 2 amide bonds. The molecule has 3 aromatic carbocycles. The van der Waals surface area contributed by atoms with E-state index in [2.05, 4.69) is 5.32 Å². The lowest BCUT2D eigenvalue weighted by Gasteiger charge is -2.18. The molecule has 0 aromatic heterocycles. The molecular formula is C22H17ClN2O4. The van der Waals surface area contributed by atoms with Crippen LogP contribution in [0.25, 0.3) is 10.8 Å². The van der Waals surface area contributed by atoms with Gasteiger partial charge in [-0.05, 0) is 23.6 Å². The summed E-state index contributed by atoms with van der Waals surface area (Å²) in [6, 6.07) is 18.0. The molecule has 0 radical (unpaired) electrons. The first-order valence-corrected chi connectivity index (χ1v) is 9.18. The smallest absolute Gasteiger partial charge is 0.283 e. The van der Waals surface area contributed by atoms with Crippen molar-refractivity contribution in [2.45, 2.75) is 0 Å². The van der Waals surface area contributed by atoms with E-state index in [1.807, 2.05) is 30.3 Å². The molecule has 29 heavy (non-hydrogen) atoms. The molecule has 0 atom stereocenters. The van der Waals surface area contributed by atoms with Gasteiger partial charge >= 0.3 is 0 Å². The van der Waals surface area contributed by atoms with Crippen molar-refractivity contribution in [3.8, 4) is 11.5 Å². The average Bonchev–Trinajstić information content (AvgIpc) is 2.96. The fourth-order valence-electron chi connectivity index (χ4n) is 3.27. The third kappa shape index (κ3) is 3.17. The fraction of sp³-hybridized carbons (Fsp3) is 0.0909. The maximum Gasteiger partial charge on any atom is 0.283 e. The molecule has 4 rings (SSSR count). The highest BCUT2D eigenvalue weighted by molar-refractivity contribution is 6.53. The van der Waals surface area contributed by atoms with Crippen molar-refractivity contribution in [2.75, 3.05) is 24.4 Å². The van der Waals surface area contributed by atoms with E-state index >= 15 is 0 Å². The minimum atomic E-state index is -0.581. The molecule has 1 N–H and O–H groups in total. The highest BCUT2D eigenvalue weighted by Crippen LogP contribution is 2.36. The number of fused-ring (bicyclic) bond motifs is 1. The summed E-state index contributed by atoms with van der Waals surface area (Å²) in [5.74, 6) is -0.0684. The molecular weight excluding hydrogens is 392 g/mol. The van der Waals surface area contributed by atoms with Crippen LogP contribution in [-0.2, 0) is 9.59 Å². The van der Waals surface area contributed by atoms with Gasteiger partial charge in [0.1, 0.15) is 22.2 Å². The summed E-state index contributed by atoms with van der Waals surface area (Å²) >= 11 is 6.26. The van der Waals surface area contributed by atoms with E-state index in [0.717, 1.165) is 15.7 Å². The van der Waals surface area contributed by atoms with Gasteiger partial charge in [-0.1, -0.05) is 48.0 Å². The Balaban J connectivity index is 1.72. The zero-order chi connectivity index (χ0) is 20.5. The van der Waals surface area contributed by atoms with Crippen LogP contribution < -0.4 is 19.7 Å². The number of benzene rings is 3. The van der Waals surface area contributed by atoms with Crippen molar-refractivity contribution < 1.29 is 19.1 Å². The molecule has 7 heteroatoms. The molecule has 6 nitrogen and oxygen atoms in total. The minimum absolute atomic E-state index is 0.00642. The number of rotatable bonds is 5. The van der Waals surface area contributed by atoms with Crippen LogP contribution in [0.15, 0.2) is 71.4 Å². The largest absolute Gasteiger partial charge is 0.497 e. The first-order chi connectivity index (χ1) is 14.0. The number of amides is 2. The minimum Gasteiger partial charge on any atom is -0.497 e. The molecule has 3 aromatic rings. The lowest BCUT2D eigenvalue weighted by atomic mass is 10.1. The summed E-state index contributed by atoms with van der Waals surface area (Å²) < 4.78 is 10.5. The summed E-state index contributed by atoms with van der Waals surface area (Å²) in [5, 5.41) is 4.46. The van der Waals surface area contributed by atoms with Crippen LogP contribution in [0, 0.1) is 0 Å². The molecule has 0 aliphatic carbocycles. The number of hydrogen-bond acceptors (Lipinski definition) is 5. The standard InChI is InChI=1S/C22H17ClN2O4/c1-28-14-10-11-16(18(12-14)29-2)24-20-19(23)21(26)25(22(20)27)17-9-5-7-13-6-3-4-8-15(13)17/h3-12,24H,1-2H3. The number of carbonyl (C=O) groups excluding carboxylic acids is 2. The van der Waals surface area contributed by atoms with Crippen molar-refractivity contribution in [2.24, 2.45) is 0 Å². The van der Waals surface area contributed by atoms with E-state index in [1.54, 1.807) is 37.4 Å². The van der Waals surface area contributed by atoms with Gasteiger partial charge in [0.25, 0.3) is 11.8 Å². The number of halogens is 1. The Labute approximate surface area is 172 Å². The second-order valence-electron chi connectivity index (χ2n) is 6.32. The number of anilines is 2. The van der Waals surface area contributed by atoms with Crippen LogP contribution >= 0.6 is 11.6 Å². The van der Waals surface area contributed by atoms with E-state index in [-0.39, 0.29) is 10.7 Å². The topological polar surface area (TPSA) is 67.9 Å². The molecule has 0 unspecified atom stereocenters. The predicted octanol–water partition coefficient (Wildman–Crippen LogP) is 4.29. The van der Waals surface area contributed by atoms with Crippen molar-refractivity contribution in [1.82, 2.24) is 0 Å². The first-order valence-electron chi connectivity index (χ1n) is 8.80.